The van der Waals surface area contributed by atoms with Gasteiger partial charge in [0, 0.05) is 9.92 Å². The van der Waals surface area contributed by atoms with E-state index in [0.717, 1.165) is 17.0 Å². The van der Waals surface area contributed by atoms with Gasteiger partial charge < -0.3 is 10.1 Å². The number of carbonyl (C=O) groups is 1. The van der Waals surface area contributed by atoms with Crippen LogP contribution in [0.1, 0.15) is 37.3 Å². The summed E-state index contributed by atoms with van der Waals surface area (Å²) in [6, 6.07) is 11.6. The summed E-state index contributed by atoms with van der Waals surface area (Å²) in [5.41, 5.74) is -0.938. The van der Waals surface area contributed by atoms with Crippen molar-refractivity contribution >= 4 is 29.5 Å². The summed E-state index contributed by atoms with van der Waals surface area (Å²) >= 11 is 7.14. The van der Waals surface area contributed by atoms with Crippen LogP contribution in [0.3, 0.4) is 0 Å². The molecule has 0 unspecified atom stereocenters. The van der Waals surface area contributed by atoms with Crippen molar-refractivity contribution in [2.45, 2.75) is 42.8 Å². The van der Waals surface area contributed by atoms with Gasteiger partial charge in [0.25, 0.3) is 0 Å². The molecule has 0 saturated carbocycles. The second kappa shape index (κ2) is 8.44. The lowest BCUT2D eigenvalue weighted by molar-refractivity contribution is -0.137. The van der Waals surface area contributed by atoms with Crippen LogP contribution in [0.4, 0.5) is 18.0 Å². The third-order valence-electron chi connectivity index (χ3n) is 3.26. The molecule has 0 radical (unpaired) electrons. The van der Waals surface area contributed by atoms with Crippen molar-refractivity contribution in [3.8, 4) is 0 Å². The number of ether oxygens (including phenoxy) is 1. The highest BCUT2D eigenvalue weighted by Gasteiger charge is 2.30. The van der Waals surface area contributed by atoms with Crippen LogP contribution in [0, 0.1) is 0 Å². The summed E-state index contributed by atoms with van der Waals surface area (Å²) in [6.45, 7) is 5.18. The van der Waals surface area contributed by atoms with E-state index in [0.29, 0.717) is 10.6 Å². The van der Waals surface area contributed by atoms with Crippen molar-refractivity contribution < 1.29 is 22.7 Å². The summed E-state index contributed by atoms with van der Waals surface area (Å²) in [7, 11) is 0. The Morgan fingerprint density at radius 1 is 1.04 bits per heavy atom. The number of hydrogen-bond donors (Lipinski definition) is 1. The topological polar surface area (TPSA) is 38.3 Å². The molecule has 0 aromatic heterocycles. The molecule has 146 valence electrons. The minimum atomic E-state index is -4.42. The molecule has 0 spiro atoms. The van der Waals surface area contributed by atoms with E-state index in [4.69, 9.17) is 16.3 Å². The molecule has 3 nitrogen and oxygen atoms in total. The van der Waals surface area contributed by atoms with Crippen LogP contribution < -0.4 is 5.32 Å². The largest absolute Gasteiger partial charge is 0.444 e. The summed E-state index contributed by atoms with van der Waals surface area (Å²) in [5.74, 6) is 0. The second-order valence-corrected chi connectivity index (χ2v) is 8.33. The van der Waals surface area contributed by atoms with Crippen LogP contribution in [0.25, 0.3) is 0 Å². The van der Waals surface area contributed by atoms with E-state index < -0.39 is 28.8 Å². The van der Waals surface area contributed by atoms with Crippen molar-refractivity contribution in [2.24, 2.45) is 0 Å². The highest BCUT2D eigenvalue weighted by atomic mass is 35.5. The molecule has 2 aromatic carbocycles. The number of amides is 1. The number of benzene rings is 2. The molecule has 0 aliphatic carbocycles. The van der Waals surface area contributed by atoms with Crippen LogP contribution in [0.15, 0.2) is 53.4 Å². The Hall–Kier alpha value is -1.86. The zero-order valence-electron chi connectivity index (χ0n) is 14.9. The van der Waals surface area contributed by atoms with Crippen molar-refractivity contribution in [2.75, 3.05) is 0 Å². The summed E-state index contributed by atoms with van der Waals surface area (Å²) in [4.78, 5) is 13.0. The maximum absolute atomic E-state index is 12.8. The Morgan fingerprint density at radius 2 is 1.59 bits per heavy atom. The zero-order valence-corrected chi connectivity index (χ0v) is 16.5. The van der Waals surface area contributed by atoms with Crippen molar-refractivity contribution in [3.05, 3.63) is 64.7 Å². The predicted molar refractivity (Wildman–Crippen MR) is 101 cm³/mol. The Bertz CT molecular complexity index is 772. The third-order valence-corrected chi connectivity index (χ3v) is 4.68. The lowest BCUT2D eigenvalue weighted by Crippen LogP contribution is -2.34. The molecule has 27 heavy (non-hydrogen) atoms. The maximum Gasteiger partial charge on any atom is 0.416 e. The number of halogens is 4. The Balaban J connectivity index is 2.25. The first kappa shape index (κ1) is 21.4. The van der Waals surface area contributed by atoms with Gasteiger partial charge in [-0.2, -0.15) is 13.2 Å². The Morgan fingerprint density at radius 3 is 2.07 bits per heavy atom. The molecular formula is C19H19ClF3NO2S. The zero-order chi connectivity index (χ0) is 20.2. The summed E-state index contributed by atoms with van der Waals surface area (Å²) in [5, 5.41) is 2.62. The second-order valence-electron chi connectivity index (χ2n) is 6.72. The Labute approximate surface area is 165 Å². The minimum Gasteiger partial charge on any atom is -0.444 e. The van der Waals surface area contributed by atoms with E-state index in [-0.39, 0.29) is 0 Å². The number of alkyl carbamates (subject to hydrolysis) is 1. The fourth-order valence-electron chi connectivity index (χ4n) is 2.09. The van der Waals surface area contributed by atoms with Crippen LogP contribution in [-0.2, 0) is 10.9 Å². The van der Waals surface area contributed by atoms with Gasteiger partial charge in [0.15, 0.2) is 0 Å². The molecule has 1 atom stereocenters. The monoisotopic (exact) mass is 417 g/mol. The van der Waals surface area contributed by atoms with Crippen LogP contribution in [0.5, 0.6) is 0 Å². The molecule has 0 heterocycles. The number of alkyl halides is 3. The van der Waals surface area contributed by atoms with Crippen molar-refractivity contribution in [1.29, 1.82) is 0 Å². The highest BCUT2D eigenvalue weighted by Crippen LogP contribution is 2.36. The third kappa shape index (κ3) is 6.99. The average Bonchev–Trinajstić information content (AvgIpc) is 2.54. The minimum absolute atomic E-state index is 0.508. The molecule has 1 N–H and O–H groups in total. The molecule has 2 aromatic rings. The number of thioether (sulfide) groups is 1. The van der Waals surface area contributed by atoms with E-state index in [1.165, 1.54) is 23.9 Å². The van der Waals surface area contributed by atoms with Gasteiger partial charge in [-0.25, -0.2) is 4.79 Å². The summed E-state index contributed by atoms with van der Waals surface area (Å²) < 4.78 is 43.6. The first-order valence-corrected chi connectivity index (χ1v) is 9.29. The van der Waals surface area contributed by atoms with Gasteiger partial charge in [-0.1, -0.05) is 35.5 Å². The molecule has 8 heteroatoms. The Kier molecular flexibility index (Phi) is 6.70. The molecule has 0 fully saturated rings. The quantitative estimate of drug-likeness (QED) is 0.445. The maximum atomic E-state index is 12.8. The van der Waals surface area contributed by atoms with E-state index in [9.17, 15) is 18.0 Å². The fourth-order valence-corrected chi connectivity index (χ4v) is 3.23. The van der Waals surface area contributed by atoms with E-state index in [1.807, 2.05) is 0 Å². The van der Waals surface area contributed by atoms with Gasteiger partial charge >= 0.3 is 12.3 Å². The summed E-state index contributed by atoms with van der Waals surface area (Å²) in [6.07, 6.45) is -5.08. The van der Waals surface area contributed by atoms with Crippen molar-refractivity contribution in [1.82, 2.24) is 5.32 Å². The van der Waals surface area contributed by atoms with Gasteiger partial charge in [0.2, 0.25) is 0 Å². The van der Waals surface area contributed by atoms with Gasteiger partial charge in [0.1, 0.15) is 11.0 Å². The molecule has 0 bridgehead atoms. The molecule has 1 amide bonds. The van der Waals surface area contributed by atoms with Crippen LogP contribution in [-0.4, -0.2) is 11.7 Å². The van der Waals surface area contributed by atoms with Crippen molar-refractivity contribution in [3.63, 3.8) is 0 Å². The molecule has 2 rings (SSSR count). The average molecular weight is 418 g/mol. The molecule has 0 saturated heterocycles. The predicted octanol–water partition coefficient (Wildman–Crippen LogP) is 6.67. The fraction of sp³-hybridized carbons (Fsp3) is 0.316. The first-order valence-electron chi connectivity index (χ1n) is 8.03. The highest BCUT2D eigenvalue weighted by molar-refractivity contribution is 7.99. The number of nitrogens with one attached hydrogen (secondary N) is 1. The van der Waals surface area contributed by atoms with E-state index in [2.05, 4.69) is 5.32 Å². The van der Waals surface area contributed by atoms with Gasteiger partial charge in [-0.15, -0.1) is 0 Å². The van der Waals surface area contributed by atoms with E-state index in [1.54, 1.807) is 45.0 Å². The van der Waals surface area contributed by atoms with Gasteiger partial charge in [-0.3, -0.25) is 0 Å². The van der Waals surface area contributed by atoms with Gasteiger partial charge in [0.05, 0.1) is 5.56 Å². The first-order chi connectivity index (χ1) is 12.4. The van der Waals surface area contributed by atoms with Crippen LogP contribution in [0.2, 0.25) is 5.02 Å². The SMILES string of the molecule is CC(C)(C)OC(=O)N[C@H](Sc1ccc(Cl)cc1)c1ccc(C(F)(F)F)cc1. The number of rotatable bonds is 4. The number of carbonyl (C=O) groups excluding carboxylic acids is 1. The lowest BCUT2D eigenvalue weighted by atomic mass is 10.1. The molecular weight excluding hydrogens is 399 g/mol. The normalized spacial score (nSPS) is 13.1. The van der Waals surface area contributed by atoms with E-state index >= 15 is 0 Å². The molecule has 0 aliphatic heterocycles. The lowest BCUT2D eigenvalue weighted by Gasteiger charge is -2.24. The number of hydrogen-bond acceptors (Lipinski definition) is 3. The standard InChI is InChI=1S/C19H19ClF3NO2S/c1-18(2,3)26-17(25)24-16(27-15-10-8-14(20)9-11-15)12-4-6-13(7-5-12)19(21,22)23/h4-11,16H,1-3H3,(H,24,25)/t16-/m1/s1. The van der Waals surface area contributed by atoms with Gasteiger partial charge in [-0.05, 0) is 62.7 Å². The van der Waals surface area contributed by atoms with Crippen LogP contribution >= 0.6 is 23.4 Å². The smallest absolute Gasteiger partial charge is 0.416 e. The molecule has 0 aliphatic rings.